The molecule has 1 saturated carbocycles. The molecule has 4 nitrogen and oxygen atoms in total. The van der Waals surface area contributed by atoms with Gasteiger partial charge in [-0.15, -0.1) is 24.0 Å². The Bertz CT molecular complexity index is 327. The number of piperidine rings is 1. The van der Waals surface area contributed by atoms with Crippen molar-refractivity contribution in [2.24, 2.45) is 4.99 Å². The number of likely N-dealkylation sites (tertiary alicyclic amines) is 1. The van der Waals surface area contributed by atoms with E-state index in [1.54, 1.807) is 0 Å². The van der Waals surface area contributed by atoms with Gasteiger partial charge in [-0.05, 0) is 51.0 Å². The van der Waals surface area contributed by atoms with E-state index in [9.17, 15) is 0 Å². The maximum atomic E-state index is 4.71. The van der Waals surface area contributed by atoms with Gasteiger partial charge in [0.1, 0.15) is 0 Å². The van der Waals surface area contributed by atoms with Gasteiger partial charge >= 0.3 is 0 Å². The highest BCUT2D eigenvalue weighted by molar-refractivity contribution is 14.0. The van der Waals surface area contributed by atoms with Crippen molar-refractivity contribution in [2.75, 3.05) is 38.2 Å². The molecule has 136 valence electrons. The third-order valence-corrected chi connectivity index (χ3v) is 5.53. The van der Waals surface area contributed by atoms with E-state index in [1.807, 2.05) is 11.8 Å². The summed E-state index contributed by atoms with van der Waals surface area (Å²) >= 11 is 1.90. The number of hydrogen-bond donors (Lipinski definition) is 2. The van der Waals surface area contributed by atoms with Gasteiger partial charge in [-0.25, -0.2) is 0 Å². The van der Waals surface area contributed by atoms with E-state index in [0.717, 1.165) is 31.5 Å². The third-order valence-electron chi connectivity index (χ3n) is 4.83. The van der Waals surface area contributed by atoms with E-state index in [4.69, 9.17) is 4.99 Å². The summed E-state index contributed by atoms with van der Waals surface area (Å²) in [5, 5.41) is 7.04. The molecule has 0 radical (unpaired) electrons. The SMILES string of the molecule is CCNC(=NCCCSC)NC1CCN(C2CCCC2)CC1.I. The minimum absolute atomic E-state index is 0. The number of thioether (sulfide) groups is 1. The fourth-order valence-corrected chi connectivity index (χ4v) is 4.01. The van der Waals surface area contributed by atoms with E-state index in [1.165, 1.54) is 57.4 Å². The van der Waals surface area contributed by atoms with Crippen LogP contribution in [0.5, 0.6) is 0 Å². The summed E-state index contributed by atoms with van der Waals surface area (Å²) in [6, 6.07) is 1.48. The zero-order valence-corrected chi connectivity index (χ0v) is 18.0. The highest BCUT2D eigenvalue weighted by Gasteiger charge is 2.27. The number of aliphatic imine (C=N–C) groups is 1. The normalized spacial score (nSPS) is 21.2. The molecule has 0 spiro atoms. The van der Waals surface area contributed by atoms with Crippen molar-refractivity contribution < 1.29 is 0 Å². The van der Waals surface area contributed by atoms with Crippen LogP contribution in [0.25, 0.3) is 0 Å². The average molecular weight is 454 g/mol. The third kappa shape index (κ3) is 7.82. The Morgan fingerprint density at radius 1 is 1.17 bits per heavy atom. The summed E-state index contributed by atoms with van der Waals surface area (Å²) in [4.78, 5) is 7.44. The maximum Gasteiger partial charge on any atom is 0.191 e. The van der Waals surface area contributed by atoms with Gasteiger partial charge in [0, 0.05) is 38.3 Å². The van der Waals surface area contributed by atoms with Crippen molar-refractivity contribution in [3.05, 3.63) is 0 Å². The van der Waals surface area contributed by atoms with Gasteiger partial charge in [0.05, 0.1) is 0 Å². The van der Waals surface area contributed by atoms with Crippen LogP contribution in [0.4, 0.5) is 0 Å². The van der Waals surface area contributed by atoms with E-state index in [-0.39, 0.29) is 24.0 Å². The summed E-state index contributed by atoms with van der Waals surface area (Å²) < 4.78 is 0. The fraction of sp³-hybridized carbons (Fsp3) is 0.941. The van der Waals surface area contributed by atoms with Crippen LogP contribution in [0, 0.1) is 0 Å². The molecule has 0 aromatic rings. The number of rotatable bonds is 7. The van der Waals surface area contributed by atoms with Gasteiger partial charge in [-0.2, -0.15) is 11.8 Å². The summed E-state index contributed by atoms with van der Waals surface area (Å²) in [6.07, 6.45) is 11.6. The molecule has 0 bridgehead atoms. The molecule has 0 amide bonds. The maximum absolute atomic E-state index is 4.71. The first-order valence-corrected chi connectivity index (χ1v) is 10.5. The molecule has 1 heterocycles. The summed E-state index contributed by atoms with van der Waals surface area (Å²) in [6.45, 7) is 6.52. The van der Waals surface area contributed by atoms with E-state index in [0.29, 0.717) is 6.04 Å². The number of halogens is 1. The van der Waals surface area contributed by atoms with Crippen LogP contribution >= 0.6 is 35.7 Å². The fourth-order valence-electron chi connectivity index (χ4n) is 3.59. The zero-order valence-electron chi connectivity index (χ0n) is 14.9. The van der Waals surface area contributed by atoms with E-state index < -0.39 is 0 Å². The average Bonchev–Trinajstić information content (AvgIpc) is 3.07. The molecule has 6 heteroatoms. The molecular weight excluding hydrogens is 419 g/mol. The second kappa shape index (κ2) is 12.6. The van der Waals surface area contributed by atoms with Gasteiger partial charge in [0.2, 0.25) is 0 Å². The molecule has 2 fully saturated rings. The standard InChI is InChI=1S/C17H34N4S.HI/c1-3-18-17(19-11-6-14-22-2)20-15-9-12-21(13-10-15)16-7-4-5-8-16;/h15-16H,3-14H2,1-2H3,(H2,18,19,20);1H. The summed E-state index contributed by atoms with van der Waals surface area (Å²) in [7, 11) is 0. The summed E-state index contributed by atoms with van der Waals surface area (Å²) in [5.41, 5.74) is 0. The van der Waals surface area contributed by atoms with Gasteiger partial charge in [-0.3, -0.25) is 4.99 Å². The van der Waals surface area contributed by atoms with Gasteiger partial charge in [-0.1, -0.05) is 12.8 Å². The smallest absolute Gasteiger partial charge is 0.191 e. The number of nitrogens with one attached hydrogen (secondary N) is 2. The Kier molecular flexibility index (Phi) is 11.7. The second-order valence-electron chi connectivity index (χ2n) is 6.50. The Balaban J connectivity index is 0.00000264. The minimum Gasteiger partial charge on any atom is -0.357 e. The Morgan fingerprint density at radius 3 is 2.48 bits per heavy atom. The highest BCUT2D eigenvalue weighted by atomic mass is 127. The van der Waals surface area contributed by atoms with Crippen molar-refractivity contribution in [1.29, 1.82) is 0 Å². The van der Waals surface area contributed by atoms with Gasteiger partial charge in [0.15, 0.2) is 5.96 Å². The van der Waals surface area contributed by atoms with Crippen molar-refractivity contribution in [3.8, 4) is 0 Å². The Hall–Kier alpha value is 0.310. The number of guanidine groups is 1. The van der Waals surface area contributed by atoms with Gasteiger partial charge < -0.3 is 15.5 Å². The van der Waals surface area contributed by atoms with Crippen LogP contribution in [0.2, 0.25) is 0 Å². The topological polar surface area (TPSA) is 39.7 Å². The lowest BCUT2D eigenvalue weighted by molar-refractivity contribution is 0.150. The first-order chi connectivity index (χ1) is 10.8. The van der Waals surface area contributed by atoms with Crippen molar-refractivity contribution in [3.63, 3.8) is 0 Å². The van der Waals surface area contributed by atoms with Crippen LogP contribution in [0.3, 0.4) is 0 Å². The van der Waals surface area contributed by atoms with Crippen LogP contribution in [-0.4, -0.2) is 61.1 Å². The molecular formula is C17H35IN4S. The molecule has 0 aromatic heterocycles. The van der Waals surface area contributed by atoms with E-state index in [2.05, 4.69) is 28.7 Å². The van der Waals surface area contributed by atoms with E-state index >= 15 is 0 Å². The molecule has 1 aliphatic carbocycles. The molecule has 2 aliphatic rings. The molecule has 0 aromatic carbocycles. The van der Waals surface area contributed by atoms with Crippen molar-refractivity contribution in [1.82, 2.24) is 15.5 Å². The first-order valence-electron chi connectivity index (χ1n) is 9.11. The largest absolute Gasteiger partial charge is 0.357 e. The van der Waals surface area contributed by atoms with Crippen molar-refractivity contribution >= 4 is 41.7 Å². The second-order valence-corrected chi connectivity index (χ2v) is 7.49. The number of nitrogens with zero attached hydrogens (tertiary/aromatic N) is 2. The molecule has 0 atom stereocenters. The van der Waals surface area contributed by atoms with Crippen LogP contribution in [0.15, 0.2) is 4.99 Å². The number of hydrogen-bond acceptors (Lipinski definition) is 3. The lowest BCUT2D eigenvalue weighted by atomic mass is 10.0. The molecule has 2 rings (SSSR count). The van der Waals surface area contributed by atoms with Gasteiger partial charge in [0.25, 0.3) is 0 Å². The van der Waals surface area contributed by atoms with Crippen LogP contribution < -0.4 is 10.6 Å². The predicted molar refractivity (Wildman–Crippen MR) is 114 cm³/mol. The molecule has 1 aliphatic heterocycles. The summed E-state index contributed by atoms with van der Waals surface area (Å²) in [5.74, 6) is 2.21. The first kappa shape index (κ1) is 21.4. The lowest BCUT2D eigenvalue weighted by Gasteiger charge is -2.36. The molecule has 23 heavy (non-hydrogen) atoms. The Morgan fingerprint density at radius 2 is 1.87 bits per heavy atom. The highest BCUT2D eigenvalue weighted by Crippen LogP contribution is 2.26. The zero-order chi connectivity index (χ0) is 15.6. The lowest BCUT2D eigenvalue weighted by Crippen LogP contribution is -2.50. The minimum atomic E-state index is 0. The molecule has 0 unspecified atom stereocenters. The predicted octanol–water partition coefficient (Wildman–Crippen LogP) is 3.32. The van der Waals surface area contributed by atoms with Crippen LogP contribution in [0.1, 0.15) is 51.9 Å². The van der Waals surface area contributed by atoms with Crippen molar-refractivity contribution in [2.45, 2.75) is 64.0 Å². The quantitative estimate of drug-likeness (QED) is 0.268. The molecule has 1 saturated heterocycles. The monoisotopic (exact) mass is 454 g/mol. The van der Waals surface area contributed by atoms with Crippen LogP contribution in [-0.2, 0) is 0 Å². The Labute approximate surface area is 164 Å². The molecule has 2 N–H and O–H groups in total.